The van der Waals surface area contributed by atoms with Crippen molar-refractivity contribution in [1.82, 2.24) is 14.5 Å². The minimum atomic E-state index is 0.267. The lowest BCUT2D eigenvalue weighted by atomic mass is 10.1. The monoisotopic (exact) mass is 263 g/mol. The molecule has 1 aliphatic heterocycles. The maximum absolute atomic E-state index is 12.4. The van der Waals surface area contributed by atoms with Crippen LogP contribution in [0.15, 0.2) is 18.7 Å². The highest BCUT2D eigenvalue weighted by Gasteiger charge is 2.20. The highest BCUT2D eigenvalue weighted by molar-refractivity contribution is 5.76. The third-order valence-electron chi connectivity index (χ3n) is 3.94. The smallest absolute Gasteiger partial charge is 0.224 e. The topological polar surface area (TPSA) is 38.1 Å². The van der Waals surface area contributed by atoms with Gasteiger partial charge in [-0.2, -0.15) is 0 Å². The van der Waals surface area contributed by atoms with E-state index in [-0.39, 0.29) is 6.04 Å². The molecule has 1 fully saturated rings. The number of carbonyl (C=O) groups is 1. The van der Waals surface area contributed by atoms with Crippen LogP contribution >= 0.6 is 0 Å². The Labute approximate surface area is 115 Å². The summed E-state index contributed by atoms with van der Waals surface area (Å²) in [6, 6.07) is 0.267. The number of hydrogen-bond acceptors (Lipinski definition) is 2. The SMILES string of the molecule is CCCC(CC(=O)N1CCCCCC1)n1ccnc1. The maximum Gasteiger partial charge on any atom is 0.224 e. The van der Waals surface area contributed by atoms with Gasteiger partial charge in [0.1, 0.15) is 0 Å². The number of amides is 1. The molecule has 4 heteroatoms. The van der Waals surface area contributed by atoms with Gasteiger partial charge in [0.25, 0.3) is 0 Å². The van der Waals surface area contributed by atoms with E-state index in [1.165, 1.54) is 12.8 Å². The summed E-state index contributed by atoms with van der Waals surface area (Å²) in [5.41, 5.74) is 0. The third-order valence-corrected chi connectivity index (χ3v) is 3.94. The molecule has 106 valence electrons. The van der Waals surface area contributed by atoms with E-state index in [9.17, 15) is 4.79 Å². The molecule has 0 spiro atoms. The molecule has 0 radical (unpaired) electrons. The number of aromatic nitrogens is 2. The van der Waals surface area contributed by atoms with E-state index >= 15 is 0 Å². The molecule has 1 unspecified atom stereocenters. The largest absolute Gasteiger partial charge is 0.343 e. The molecule has 1 aromatic heterocycles. The summed E-state index contributed by atoms with van der Waals surface area (Å²) in [5, 5.41) is 0. The van der Waals surface area contributed by atoms with Crippen molar-refractivity contribution in [2.24, 2.45) is 0 Å². The quantitative estimate of drug-likeness (QED) is 0.819. The average molecular weight is 263 g/mol. The van der Waals surface area contributed by atoms with Gasteiger partial charge in [-0.3, -0.25) is 4.79 Å². The van der Waals surface area contributed by atoms with Crippen molar-refractivity contribution in [3.8, 4) is 0 Å². The third kappa shape index (κ3) is 4.08. The molecule has 2 heterocycles. The molecule has 19 heavy (non-hydrogen) atoms. The second kappa shape index (κ2) is 7.31. The predicted molar refractivity (Wildman–Crippen MR) is 75.8 cm³/mol. The van der Waals surface area contributed by atoms with E-state index in [1.807, 2.05) is 12.5 Å². The van der Waals surface area contributed by atoms with Crippen LogP contribution in [-0.4, -0.2) is 33.4 Å². The van der Waals surface area contributed by atoms with Crippen molar-refractivity contribution >= 4 is 5.91 Å². The van der Waals surface area contributed by atoms with Gasteiger partial charge < -0.3 is 9.47 Å². The molecule has 0 saturated carbocycles. The van der Waals surface area contributed by atoms with E-state index < -0.39 is 0 Å². The number of imidazole rings is 1. The second-order valence-corrected chi connectivity index (χ2v) is 5.45. The first-order valence-electron chi connectivity index (χ1n) is 7.56. The van der Waals surface area contributed by atoms with Gasteiger partial charge in [-0.15, -0.1) is 0 Å². The average Bonchev–Trinajstić information content (AvgIpc) is 2.80. The lowest BCUT2D eigenvalue weighted by Crippen LogP contribution is -2.33. The zero-order valence-corrected chi connectivity index (χ0v) is 11.9. The van der Waals surface area contributed by atoms with E-state index in [1.54, 1.807) is 6.20 Å². The molecule has 2 rings (SSSR count). The highest BCUT2D eigenvalue weighted by atomic mass is 16.2. The summed E-state index contributed by atoms with van der Waals surface area (Å²) in [6.07, 6.45) is 13.2. The van der Waals surface area contributed by atoms with E-state index in [2.05, 4.69) is 21.4 Å². The Kier molecular flexibility index (Phi) is 5.43. The van der Waals surface area contributed by atoms with Crippen molar-refractivity contribution in [2.45, 2.75) is 57.9 Å². The van der Waals surface area contributed by atoms with Gasteiger partial charge in [0.2, 0.25) is 5.91 Å². The molecule has 1 saturated heterocycles. The number of carbonyl (C=O) groups excluding carboxylic acids is 1. The lowest BCUT2D eigenvalue weighted by Gasteiger charge is -2.24. The number of likely N-dealkylation sites (tertiary alicyclic amines) is 1. The van der Waals surface area contributed by atoms with Gasteiger partial charge in [0.05, 0.1) is 6.33 Å². The summed E-state index contributed by atoms with van der Waals surface area (Å²) < 4.78 is 2.08. The predicted octanol–water partition coefficient (Wildman–Crippen LogP) is 3.02. The van der Waals surface area contributed by atoms with Gasteiger partial charge in [0, 0.05) is 37.9 Å². The van der Waals surface area contributed by atoms with Crippen LogP contribution in [0.1, 0.15) is 57.9 Å². The number of hydrogen-bond donors (Lipinski definition) is 0. The van der Waals surface area contributed by atoms with Gasteiger partial charge in [-0.05, 0) is 19.3 Å². The molecule has 0 aliphatic carbocycles. The minimum absolute atomic E-state index is 0.267. The van der Waals surface area contributed by atoms with Crippen LogP contribution in [0.4, 0.5) is 0 Å². The lowest BCUT2D eigenvalue weighted by molar-refractivity contribution is -0.132. The zero-order chi connectivity index (χ0) is 13.5. The normalized spacial score (nSPS) is 18.1. The molecular formula is C15H25N3O. The first kappa shape index (κ1) is 14.1. The fourth-order valence-corrected chi connectivity index (χ4v) is 2.83. The molecule has 1 atom stereocenters. The first-order valence-corrected chi connectivity index (χ1v) is 7.56. The molecule has 0 bridgehead atoms. The van der Waals surface area contributed by atoms with Crippen molar-refractivity contribution in [2.75, 3.05) is 13.1 Å². The van der Waals surface area contributed by atoms with Crippen molar-refractivity contribution < 1.29 is 4.79 Å². The Hall–Kier alpha value is -1.32. The summed E-state index contributed by atoms with van der Waals surface area (Å²) in [7, 11) is 0. The Morgan fingerprint density at radius 3 is 2.58 bits per heavy atom. The fraction of sp³-hybridized carbons (Fsp3) is 0.733. The Bertz CT molecular complexity index is 367. The van der Waals surface area contributed by atoms with Crippen LogP contribution in [-0.2, 0) is 4.79 Å². The van der Waals surface area contributed by atoms with Crippen LogP contribution in [0.2, 0.25) is 0 Å². The van der Waals surface area contributed by atoms with Crippen LogP contribution in [0.3, 0.4) is 0 Å². The van der Waals surface area contributed by atoms with E-state index in [4.69, 9.17) is 0 Å². The highest BCUT2D eigenvalue weighted by Crippen LogP contribution is 2.20. The summed E-state index contributed by atoms with van der Waals surface area (Å²) in [4.78, 5) is 18.6. The number of rotatable bonds is 5. The fourth-order valence-electron chi connectivity index (χ4n) is 2.83. The summed E-state index contributed by atoms with van der Waals surface area (Å²) in [5.74, 6) is 0.314. The second-order valence-electron chi connectivity index (χ2n) is 5.45. The summed E-state index contributed by atoms with van der Waals surface area (Å²) in [6.45, 7) is 4.06. The Balaban J connectivity index is 1.94. The maximum atomic E-state index is 12.4. The van der Waals surface area contributed by atoms with Crippen molar-refractivity contribution in [3.63, 3.8) is 0 Å². The molecule has 0 aromatic carbocycles. The standard InChI is InChI=1S/C15H25N3O/c1-2-7-14(18-11-8-16-13-18)12-15(19)17-9-5-3-4-6-10-17/h8,11,13-14H,2-7,9-10,12H2,1H3. The molecule has 1 amide bonds. The Morgan fingerprint density at radius 1 is 1.26 bits per heavy atom. The zero-order valence-electron chi connectivity index (χ0n) is 11.9. The first-order chi connectivity index (χ1) is 9.31. The van der Waals surface area contributed by atoms with Crippen LogP contribution in [0.25, 0.3) is 0 Å². The van der Waals surface area contributed by atoms with E-state index in [0.29, 0.717) is 12.3 Å². The van der Waals surface area contributed by atoms with Gasteiger partial charge in [-0.25, -0.2) is 4.98 Å². The molecule has 1 aliphatic rings. The van der Waals surface area contributed by atoms with Crippen LogP contribution < -0.4 is 0 Å². The Morgan fingerprint density at radius 2 is 2.00 bits per heavy atom. The van der Waals surface area contributed by atoms with Gasteiger partial charge in [0.15, 0.2) is 0 Å². The molecule has 1 aromatic rings. The molecule has 4 nitrogen and oxygen atoms in total. The summed E-state index contributed by atoms with van der Waals surface area (Å²) >= 11 is 0. The molecule has 0 N–H and O–H groups in total. The number of nitrogens with zero attached hydrogens (tertiary/aromatic N) is 3. The van der Waals surface area contributed by atoms with Crippen molar-refractivity contribution in [3.05, 3.63) is 18.7 Å². The van der Waals surface area contributed by atoms with Gasteiger partial charge >= 0.3 is 0 Å². The molecular weight excluding hydrogens is 238 g/mol. The van der Waals surface area contributed by atoms with Crippen molar-refractivity contribution in [1.29, 1.82) is 0 Å². The van der Waals surface area contributed by atoms with Gasteiger partial charge in [-0.1, -0.05) is 26.2 Å². The van der Waals surface area contributed by atoms with E-state index in [0.717, 1.165) is 38.8 Å². The van der Waals surface area contributed by atoms with Crippen LogP contribution in [0, 0.1) is 0 Å². The minimum Gasteiger partial charge on any atom is -0.343 e. The van der Waals surface area contributed by atoms with Crippen LogP contribution in [0.5, 0.6) is 0 Å².